The molecule has 0 unspecified atom stereocenters. The van der Waals surface area contributed by atoms with Crippen molar-refractivity contribution in [3.05, 3.63) is 28.2 Å². The van der Waals surface area contributed by atoms with E-state index in [0.29, 0.717) is 16.6 Å². The van der Waals surface area contributed by atoms with Crippen LogP contribution in [0.5, 0.6) is 5.75 Å². The third-order valence-electron chi connectivity index (χ3n) is 3.27. The number of hydrazine groups is 1. The van der Waals surface area contributed by atoms with Gasteiger partial charge in [-0.25, -0.2) is 20.0 Å². The molecular weight excluding hydrogens is 353 g/mol. The number of hydrogen-bond donors (Lipinski definition) is 2. The first-order valence-corrected chi connectivity index (χ1v) is 8.69. The summed E-state index contributed by atoms with van der Waals surface area (Å²) >= 11 is 11.7. The fraction of sp³-hybridized carbons (Fsp3) is 0.500. The Bertz CT molecular complexity index is 535. The molecular formula is C16H23Cl2N3O3. The minimum absolute atomic E-state index is 0.175. The van der Waals surface area contributed by atoms with Gasteiger partial charge in [0.1, 0.15) is 5.75 Å². The second kappa shape index (κ2) is 11.0. The van der Waals surface area contributed by atoms with Gasteiger partial charge in [-0.2, -0.15) is 0 Å². The summed E-state index contributed by atoms with van der Waals surface area (Å²) in [5.41, 5.74) is 7.58. The predicted octanol–water partition coefficient (Wildman–Crippen LogP) is 4.74. The monoisotopic (exact) mass is 375 g/mol. The number of nitrogens with one attached hydrogen (secondary N) is 1. The van der Waals surface area contributed by atoms with Crippen LogP contribution >= 0.6 is 23.2 Å². The molecule has 24 heavy (non-hydrogen) atoms. The van der Waals surface area contributed by atoms with Crippen molar-refractivity contribution in [1.29, 1.82) is 0 Å². The van der Waals surface area contributed by atoms with Crippen molar-refractivity contribution in [3.8, 4) is 5.75 Å². The predicted molar refractivity (Wildman–Crippen MR) is 95.3 cm³/mol. The van der Waals surface area contributed by atoms with Crippen molar-refractivity contribution in [2.75, 3.05) is 6.54 Å². The molecule has 0 heterocycles. The van der Waals surface area contributed by atoms with Gasteiger partial charge in [-0.1, -0.05) is 62.2 Å². The van der Waals surface area contributed by atoms with E-state index >= 15 is 0 Å². The maximum absolute atomic E-state index is 11.9. The standard InChI is InChI=1S/C16H23Cl2N3O3/c1-2-3-4-5-6-7-8-21(15(19)22)20-16(23)24-14-10-12(17)9-13(18)11-14/h9-11H,2-8H2,1H3,(H2,19,22)(H,20,23). The van der Waals surface area contributed by atoms with Crippen molar-refractivity contribution in [2.24, 2.45) is 5.73 Å². The van der Waals surface area contributed by atoms with E-state index in [-0.39, 0.29) is 5.75 Å². The third-order valence-corrected chi connectivity index (χ3v) is 3.71. The largest absolute Gasteiger partial charge is 0.431 e. The number of hydrogen-bond acceptors (Lipinski definition) is 3. The first-order chi connectivity index (χ1) is 11.4. The van der Waals surface area contributed by atoms with Gasteiger partial charge in [-0.05, 0) is 24.6 Å². The molecule has 8 heteroatoms. The first kappa shape index (κ1) is 20.4. The van der Waals surface area contributed by atoms with Crippen molar-refractivity contribution in [2.45, 2.75) is 45.4 Å². The molecule has 0 bridgehead atoms. The van der Waals surface area contributed by atoms with Gasteiger partial charge >= 0.3 is 12.1 Å². The van der Waals surface area contributed by atoms with E-state index in [1.165, 1.54) is 31.0 Å². The van der Waals surface area contributed by atoms with Crippen molar-refractivity contribution >= 4 is 35.3 Å². The van der Waals surface area contributed by atoms with Crippen LogP contribution in [0.2, 0.25) is 10.0 Å². The average Bonchev–Trinajstić information content (AvgIpc) is 2.48. The number of carbonyl (C=O) groups excluding carboxylic acids is 2. The summed E-state index contributed by atoms with van der Waals surface area (Å²) in [6.45, 7) is 2.48. The van der Waals surface area contributed by atoms with E-state index in [4.69, 9.17) is 33.7 Å². The van der Waals surface area contributed by atoms with Crippen LogP contribution in [-0.2, 0) is 0 Å². The van der Waals surface area contributed by atoms with E-state index in [2.05, 4.69) is 12.3 Å². The fourth-order valence-corrected chi connectivity index (χ4v) is 2.60. The number of rotatable bonds is 8. The van der Waals surface area contributed by atoms with E-state index in [9.17, 15) is 9.59 Å². The topological polar surface area (TPSA) is 84.7 Å². The molecule has 3 N–H and O–H groups in total. The summed E-state index contributed by atoms with van der Waals surface area (Å²) in [4.78, 5) is 23.3. The Hall–Kier alpha value is -1.66. The van der Waals surface area contributed by atoms with Crippen LogP contribution in [0.25, 0.3) is 0 Å². The quantitative estimate of drug-likeness (QED) is 0.508. The molecule has 0 atom stereocenters. The van der Waals surface area contributed by atoms with Crippen LogP contribution in [0, 0.1) is 0 Å². The van der Waals surface area contributed by atoms with E-state index in [1.54, 1.807) is 0 Å². The highest BCUT2D eigenvalue weighted by molar-refractivity contribution is 6.34. The molecule has 0 aliphatic rings. The molecule has 134 valence electrons. The number of unbranched alkanes of at least 4 members (excludes halogenated alkanes) is 5. The molecule has 0 spiro atoms. The van der Waals surface area contributed by atoms with Crippen molar-refractivity contribution in [1.82, 2.24) is 10.4 Å². The van der Waals surface area contributed by atoms with Crippen LogP contribution < -0.4 is 15.9 Å². The van der Waals surface area contributed by atoms with Crippen molar-refractivity contribution < 1.29 is 14.3 Å². The highest BCUT2D eigenvalue weighted by atomic mass is 35.5. The Balaban J connectivity index is 2.43. The lowest BCUT2D eigenvalue weighted by Crippen LogP contribution is -2.50. The van der Waals surface area contributed by atoms with Crippen LogP contribution in [-0.4, -0.2) is 23.7 Å². The van der Waals surface area contributed by atoms with Gasteiger partial charge in [0, 0.05) is 16.6 Å². The Morgan fingerprint density at radius 2 is 1.67 bits per heavy atom. The fourth-order valence-electron chi connectivity index (χ4n) is 2.10. The van der Waals surface area contributed by atoms with E-state index < -0.39 is 12.1 Å². The maximum atomic E-state index is 11.9. The Morgan fingerprint density at radius 1 is 1.08 bits per heavy atom. The molecule has 0 aliphatic heterocycles. The summed E-state index contributed by atoms with van der Waals surface area (Å²) in [6, 6.07) is 3.65. The highest BCUT2D eigenvalue weighted by Gasteiger charge is 2.14. The molecule has 1 aromatic carbocycles. The number of nitrogens with zero attached hydrogens (tertiary/aromatic N) is 1. The Kier molecular flexibility index (Phi) is 9.34. The molecule has 0 radical (unpaired) electrons. The number of urea groups is 1. The van der Waals surface area contributed by atoms with E-state index in [0.717, 1.165) is 30.7 Å². The molecule has 0 fully saturated rings. The zero-order chi connectivity index (χ0) is 17.9. The molecule has 1 rings (SSSR count). The minimum Gasteiger partial charge on any atom is -0.409 e. The summed E-state index contributed by atoms with van der Waals surface area (Å²) in [5.74, 6) is 0.175. The van der Waals surface area contributed by atoms with Crippen LogP contribution in [0.1, 0.15) is 45.4 Å². The molecule has 3 amide bonds. The van der Waals surface area contributed by atoms with Gasteiger partial charge in [0.05, 0.1) is 0 Å². The summed E-state index contributed by atoms with van der Waals surface area (Å²) in [6.07, 6.45) is 5.50. The zero-order valence-electron chi connectivity index (χ0n) is 13.7. The summed E-state index contributed by atoms with van der Waals surface area (Å²) < 4.78 is 5.05. The van der Waals surface area contributed by atoms with Gasteiger partial charge in [-0.15, -0.1) is 0 Å². The Morgan fingerprint density at radius 3 is 2.25 bits per heavy atom. The molecule has 1 aromatic rings. The second-order valence-electron chi connectivity index (χ2n) is 5.36. The number of ether oxygens (including phenoxy) is 1. The number of benzene rings is 1. The van der Waals surface area contributed by atoms with Gasteiger partial charge in [-0.3, -0.25) is 0 Å². The Labute approximate surface area is 152 Å². The SMILES string of the molecule is CCCCCCCCN(NC(=O)Oc1cc(Cl)cc(Cl)c1)C(N)=O. The molecule has 0 aliphatic carbocycles. The zero-order valence-corrected chi connectivity index (χ0v) is 15.2. The second-order valence-corrected chi connectivity index (χ2v) is 6.24. The van der Waals surface area contributed by atoms with Gasteiger partial charge < -0.3 is 10.5 Å². The molecule has 6 nitrogen and oxygen atoms in total. The van der Waals surface area contributed by atoms with Gasteiger partial charge in [0.15, 0.2) is 0 Å². The molecule has 0 saturated heterocycles. The summed E-state index contributed by atoms with van der Waals surface area (Å²) in [5, 5.41) is 1.71. The lowest BCUT2D eigenvalue weighted by molar-refractivity contribution is 0.150. The molecule has 0 saturated carbocycles. The van der Waals surface area contributed by atoms with Crippen LogP contribution in [0.15, 0.2) is 18.2 Å². The number of amides is 3. The summed E-state index contributed by atoms with van der Waals surface area (Å²) in [7, 11) is 0. The van der Waals surface area contributed by atoms with Crippen LogP contribution in [0.3, 0.4) is 0 Å². The first-order valence-electron chi connectivity index (χ1n) is 7.94. The normalized spacial score (nSPS) is 10.3. The van der Waals surface area contributed by atoms with Crippen LogP contribution in [0.4, 0.5) is 9.59 Å². The van der Waals surface area contributed by atoms with Gasteiger partial charge in [0.2, 0.25) is 0 Å². The number of carbonyl (C=O) groups is 2. The van der Waals surface area contributed by atoms with Gasteiger partial charge in [0.25, 0.3) is 0 Å². The highest BCUT2D eigenvalue weighted by Crippen LogP contribution is 2.24. The maximum Gasteiger partial charge on any atom is 0.431 e. The average molecular weight is 376 g/mol. The third kappa shape index (κ3) is 8.26. The number of primary amides is 1. The number of halogens is 2. The van der Waals surface area contributed by atoms with E-state index in [1.807, 2.05) is 0 Å². The lowest BCUT2D eigenvalue weighted by Gasteiger charge is -2.20. The lowest BCUT2D eigenvalue weighted by atomic mass is 10.1. The number of nitrogens with two attached hydrogens (primary N) is 1. The smallest absolute Gasteiger partial charge is 0.409 e. The minimum atomic E-state index is -0.835. The molecule has 0 aromatic heterocycles. The van der Waals surface area contributed by atoms with Crippen molar-refractivity contribution in [3.63, 3.8) is 0 Å².